The molecule has 2 aromatic heterocycles. The van der Waals surface area contributed by atoms with E-state index in [1.165, 1.54) is 10.3 Å². The summed E-state index contributed by atoms with van der Waals surface area (Å²) in [6, 6.07) is 8.10. The Morgan fingerprint density at radius 1 is 1.22 bits per heavy atom. The first-order chi connectivity index (χ1) is 8.83. The van der Waals surface area contributed by atoms with Gasteiger partial charge >= 0.3 is 0 Å². The minimum atomic E-state index is 0.738. The van der Waals surface area contributed by atoms with Gasteiger partial charge in [-0.1, -0.05) is 35.1 Å². The van der Waals surface area contributed by atoms with E-state index in [1.807, 2.05) is 18.2 Å². The predicted molar refractivity (Wildman–Crippen MR) is 73.8 cm³/mol. The lowest BCUT2D eigenvalue weighted by molar-refractivity contribution is 0.798. The molecule has 1 aliphatic carbocycles. The van der Waals surface area contributed by atoms with E-state index >= 15 is 0 Å². The minimum absolute atomic E-state index is 0.738. The Labute approximate surface area is 113 Å². The van der Waals surface area contributed by atoms with E-state index < -0.39 is 0 Å². The van der Waals surface area contributed by atoms with Crippen LogP contribution < -0.4 is 0 Å². The van der Waals surface area contributed by atoms with Crippen LogP contribution in [0.1, 0.15) is 17.7 Å². The summed E-state index contributed by atoms with van der Waals surface area (Å²) in [6.07, 6.45) is 3.24. The number of benzene rings is 1. The topological polar surface area (TPSA) is 30.7 Å². The molecule has 3 aromatic rings. The van der Waals surface area contributed by atoms with Gasteiger partial charge in [0.2, 0.25) is 5.13 Å². The van der Waals surface area contributed by atoms with Gasteiger partial charge in [0.05, 0.1) is 15.9 Å². The molecule has 0 saturated carbocycles. The number of thiazole rings is 1. The number of hydrogen-bond donors (Lipinski definition) is 0. The molecule has 4 rings (SSSR count). The summed E-state index contributed by atoms with van der Waals surface area (Å²) in [4.78, 5) is 4.59. The second-order valence-electron chi connectivity index (χ2n) is 4.45. The summed E-state index contributed by atoms with van der Waals surface area (Å²) in [5.74, 6) is 0. The first-order valence-electron chi connectivity index (χ1n) is 5.95. The van der Waals surface area contributed by atoms with Gasteiger partial charge < -0.3 is 0 Å². The lowest BCUT2D eigenvalue weighted by atomic mass is 10.3. The fourth-order valence-electron chi connectivity index (χ4n) is 2.43. The van der Waals surface area contributed by atoms with Crippen molar-refractivity contribution >= 4 is 33.2 Å². The number of nitrogens with zero attached hydrogens (tertiary/aromatic N) is 3. The Bertz CT molecular complexity index is 711. The lowest BCUT2D eigenvalue weighted by Crippen LogP contribution is -1.97. The molecular formula is C13H10ClN3S. The minimum Gasteiger partial charge on any atom is -0.218 e. The number of aryl methyl sites for hydroxylation is 1. The molecule has 0 spiro atoms. The molecule has 1 aromatic carbocycles. The SMILES string of the molecule is Clc1c2c(nn1-c1nc3ccccc3s1)CCC2. The van der Waals surface area contributed by atoms with E-state index in [2.05, 4.69) is 16.1 Å². The first kappa shape index (κ1) is 10.5. The molecule has 0 N–H and O–H groups in total. The quantitative estimate of drug-likeness (QED) is 0.679. The van der Waals surface area contributed by atoms with Crippen LogP contribution in [0.2, 0.25) is 5.15 Å². The summed E-state index contributed by atoms with van der Waals surface area (Å²) in [6.45, 7) is 0. The highest BCUT2D eigenvalue weighted by atomic mass is 35.5. The number of aromatic nitrogens is 3. The summed E-state index contributed by atoms with van der Waals surface area (Å²) in [7, 11) is 0. The third-order valence-electron chi connectivity index (χ3n) is 3.31. The largest absolute Gasteiger partial charge is 0.218 e. The van der Waals surface area contributed by atoms with Crippen LogP contribution in [0, 0.1) is 0 Å². The summed E-state index contributed by atoms with van der Waals surface area (Å²) in [5.41, 5.74) is 3.35. The van der Waals surface area contributed by atoms with Crippen molar-refractivity contribution in [3.63, 3.8) is 0 Å². The van der Waals surface area contributed by atoms with Crippen molar-refractivity contribution in [2.24, 2.45) is 0 Å². The fourth-order valence-corrected chi connectivity index (χ4v) is 3.73. The van der Waals surface area contributed by atoms with Crippen LogP contribution in [0.15, 0.2) is 24.3 Å². The van der Waals surface area contributed by atoms with Crippen molar-refractivity contribution in [3.05, 3.63) is 40.7 Å². The molecule has 18 heavy (non-hydrogen) atoms. The average molecular weight is 276 g/mol. The van der Waals surface area contributed by atoms with Crippen LogP contribution in [0.25, 0.3) is 15.3 Å². The Hall–Kier alpha value is -1.39. The van der Waals surface area contributed by atoms with Crippen LogP contribution in [-0.2, 0) is 12.8 Å². The number of halogens is 1. The van der Waals surface area contributed by atoms with Gasteiger partial charge in [-0.05, 0) is 31.4 Å². The molecule has 0 unspecified atom stereocenters. The smallest absolute Gasteiger partial charge is 0.212 e. The van der Waals surface area contributed by atoms with Gasteiger partial charge in [0.15, 0.2) is 0 Å². The molecule has 1 aliphatic rings. The molecule has 3 nitrogen and oxygen atoms in total. The highest BCUT2D eigenvalue weighted by Crippen LogP contribution is 2.32. The van der Waals surface area contributed by atoms with Crippen LogP contribution >= 0.6 is 22.9 Å². The van der Waals surface area contributed by atoms with Crippen molar-refractivity contribution < 1.29 is 0 Å². The van der Waals surface area contributed by atoms with E-state index in [1.54, 1.807) is 16.0 Å². The van der Waals surface area contributed by atoms with Crippen LogP contribution in [0.5, 0.6) is 0 Å². The highest BCUT2D eigenvalue weighted by Gasteiger charge is 2.22. The molecule has 0 fully saturated rings. The highest BCUT2D eigenvalue weighted by molar-refractivity contribution is 7.20. The first-order valence-corrected chi connectivity index (χ1v) is 7.14. The molecular weight excluding hydrogens is 266 g/mol. The average Bonchev–Trinajstić information content (AvgIpc) is 3.04. The van der Waals surface area contributed by atoms with Crippen LogP contribution in [0.3, 0.4) is 0 Å². The summed E-state index contributed by atoms with van der Waals surface area (Å²) in [5, 5.41) is 6.18. The van der Waals surface area contributed by atoms with Crippen molar-refractivity contribution in [1.29, 1.82) is 0 Å². The molecule has 0 amide bonds. The molecule has 2 heterocycles. The van der Waals surface area contributed by atoms with Gasteiger partial charge in [-0.3, -0.25) is 0 Å². The van der Waals surface area contributed by atoms with Crippen LogP contribution in [-0.4, -0.2) is 14.8 Å². The van der Waals surface area contributed by atoms with E-state index in [4.69, 9.17) is 11.6 Å². The second-order valence-corrected chi connectivity index (χ2v) is 5.81. The second kappa shape index (κ2) is 3.80. The lowest BCUT2D eigenvalue weighted by Gasteiger charge is -1.97. The summed E-state index contributed by atoms with van der Waals surface area (Å²) < 4.78 is 2.95. The van der Waals surface area contributed by atoms with E-state index in [0.29, 0.717) is 0 Å². The van der Waals surface area contributed by atoms with Gasteiger partial charge in [0.25, 0.3) is 0 Å². The molecule has 0 saturated heterocycles. The monoisotopic (exact) mass is 275 g/mol. The standard InChI is InChI=1S/C13H10ClN3S/c14-12-8-4-3-6-9(8)16-17(12)13-15-10-5-1-2-7-11(10)18-13/h1-2,5,7H,3-4,6H2. The Morgan fingerprint density at radius 3 is 2.94 bits per heavy atom. The normalized spacial score (nSPS) is 14.3. The zero-order valence-electron chi connectivity index (χ0n) is 9.56. The van der Waals surface area contributed by atoms with E-state index in [9.17, 15) is 0 Å². The zero-order valence-corrected chi connectivity index (χ0v) is 11.1. The maximum absolute atomic E-state index is 6.40. The Balaban J connectivity index is 1.92. The van der Waals surface area contributed by atoms with Gasteiger partial charge in [-0.25, -0.2) is 4.98 Å². The van der Waals surface area contributed by atoms with Gasteiger partial charge in [-0.2, -0.15) is 9.78 Å². The maximum atomic E-state index is 6.40. The Kier molecular flexibility index (Phi) is 2.22. The van der Waals surface area contributed by atoms with Gasteiger partial charge in [-0.15, -0.1) is 0 Å². The number of rotatable bonds is 1. The Morgan fingerprint density at radius 2 is 2.11 bits per heavy atom. The van der Waals surface area contributed by atoms with Crippen molar-refractivity contribution in [2.75, 3.05) is 0 Å². The summed E-state index contributed by atoms with van der Waals surface area (Å²) >= 11 is 8.03. The van der Waals surface area contributed by atoms with Crippen molar-refractivity contribution in [3.8, 4) is 5.13 Å². The van der Waals surface area contributed by atoms with E-state index in [0.717, 1.165) is 40.8 Å². The molecule has 0 radical (unpaired) electrons. The molecule has 5 heteroatoms. The number of para-hydroxylation sites is 1. The number of fused-ring (bicyclic) bond motifs is 2. The van der Waals surface area contributed by atoms with Crippen molar-refractivity contribution in [1.82, 2.24) is 14.8 Å². The predicted octanol–water partition coefficient (Wildman–Crippen LogP) is 3.62. The maximum Gasteiger partial charge on any atom is 0.212 e. The molecule has 90 valence electrons. The molecule has 0 aliphatic heterocycles. The third-order valence-corrected chi connectivity index (χ3v) is 4.71. The third kappa shape index (κ3) is 1.42. The molecule has 0 atom stereocenters. The number of hydrogen-bond acceptors (Lipinski definition) is 3. The van der Waals surface area contributed by atoms with E-state index in [-0.39, 0.29) is 0 Å². The zero-order chi connectivity index (χ0) is 12.1. The van der Waals surface area contributed by atoms with Crippen LogP contribution in [0.4, 0.5) is 0 Å². The fraction of sp³-hybridized carbons (Fsp3) is 0.231. The van der Waals surface area contributed by atoms with Gasteiger partial charge in [0, 0.05) is 5.56 Å². The van der Waals surface area contributed by atoms with Gasteiger partial charge in [0.1, 0.15) is 5.15 Å². The van der Waals surface area contributed by atoms with Crippen molar-refractivity contribution in [2.45, 2.75) is 19.3 Å². The molecule has 0 bridgehead atoms.